The Kier molecular flexibility index (Phi) is 5.04. The predicted octanol–water partition coefficient (Wildman–Crippen LogP) is 2.09. The van der Waals surface area contributed by atoms with E-state index in [0.717, 1.165) is 0 Å². The molecule has 2 rings (SSSR count). The number of carbonyl (C=O) groups excluding carboxylic acids is 1. The van der Waals surface area contributed by atoms with Crippen LogP contribution in [0, 0.1) is 6.92 Å². The van der Waals surface area contributed by atoms with Crippen molar-refractivity contribution in [3.05, 3.63) is 24.1 Å². The van der Waals surface area contributed by atoms with Gasteiger partial charge in [0, 0.05) is 30.9 Å². The molecule has 0 aliphatic heterocycles. The van der Waals surface area contributed by atoms with Crippen molar-refractivity contribution in [1.82, 2.24) is 10.2 Å². The van der Waals surface area contributed by atoms with Crippen molar-refractivity contribution in [2.45, 2.75) is 18.6 Å². The number of hydrogen-bond acceptors (Lipinski definition) is 7. The van der Waals surface area contributed by atoms with E-state index in [1.54, 1.807) is 25.1 Å². The zero-order valence-corrected chi connectivity index (χ0v) is 12.6. The van der Waals surface area contributed by atoms with Gasteiger partial charge in [0.1, 0.15) is 5.75 Å². The van der Waals surface area contributed by atoms with Crippen LogP contribution in [0.25, 0.3) is 0 Å². The van der Waals surface area contributed by atoms with Crippen LogP contribution in [0.3, 0.4) is 0 Å². The fourth-order valence-electron chi connectivity index (χ4n) is 1.59. The third kappa shape index (κ3) is 4.38. The lowest BCUT2D eigenvalue weighted by Gasteiger charge is -2.10. The van der Waals surface area contributed by atoms with Gasteiger partial charge < -0.3 is 20.2 Å². The number of rotatable bonds is 6. The Morgan fingerprint density at radius 2 is 2.29 bits per heavy atom. The van der Waals surface area contributed by atoms with Crippen molar-refractivity contribution in [2.24, 2.45) is 0 Å². The molecule has 1 aromatic heterocycles. The number of benzene rings is 1. The molecule has 0 unspecified atom stereocenters. The number of nitrogens with two attached hydrogens (primary N) is 1. The second kappa shape index (κ2) is 6.98. The molecular weight excluding hydrogens is 292 g/mol. The molecule has 0 bridgehead atoms. The normalized spacial score (nSPS) is 10.4. The summed E-state index contributed by atoms with van der Waals surface area (Å²) in [5.41, 5.74) is 6.83. The Labute approximate surface area is 126 Å². The van der Waals surface area contributed by atoms with Crippen molar-refractivity contribution in [1.29, 1.82) is 0 Å². The number of carbonyl (C=O) groups is 1. The van der Waals surface area contributed by atoms with Crippen LogP contribution in [0.15, 0.2) is 27.8 Å². The SMILES string of the molecule is COc1cc(N)ccc1NC(=O)CCSc1nnc(C)o1. The van der Waals surface area contributed by atoms with Crippen LogP contribution in [-0.4, -0.2) is 29.0 Å². The Balaban J connectivity index is 1.84. The number of hydrogen-bond donors (Lipinski definition) is 2. The van der Waals surface area contributed by atoms with Gasteiger partial charge in [0.25, 0.3) is 5.22 Å². The summed E-state index contributed by atoms with van der Waals surface area (Å²) in [6, 6.07) is 5.07. The number of nitrogens with zero attached hydrogens (tertiary/aromatic N) is 2. The molecule has 0 spiro atoms. The number of nitrogen functional groups attached to an aromatic ring is 1. The first-order valence-corrected chi connectivity index (χ1v) is 7.23. The lowest BCUT2D eigenvalue weighted by atomic mass is 10.2. The van der Waals surface area contributed by atoms with Crippen LogP contribution in [0.4, 0.5) is 11.4 Å². The molecule has 1 amide bonds. The highest BCUT2D eigenvalue weighted by atomic mass is 32.2. The summed E-state index contributed by atoms with van der Waals surface area (Å²) in [6.07, 6.45) is 0.319. The van der Waals surface area contributed by atoms with Crippen LogP contribution < -0.4 is 15.8 Å². The van der Waals surface area contributed by atoms with Gasteiger partial charge in [-0.25, -0.2) is 0 Å². The number of aromatic nitrogens is 2. The van der Waals surface area contributed by atoms with Crippen molar-refractivity contribution >= 4 is 29.0 Å². The summed E-state index contributed by atoms with van der Waals surface area (Å²) in [4.78, 5) is 11.9. The van der Waals surface area contributed by atoms with Crippen LogP contribution in [0.5, 0.6) is 5.75 Å². The van der Waals surface area contributed by atoms with Gasteiger partial charge in [-0.15, -0.1) is 10.2 Å². The Bertz CT molecular complexity index is 630. The van der Waals surface area contributed by atoms with E-state index in [2.05, 4.69) is 15.5 Å². The fourth-order valence-corrected chi connectivity index (χ4v) is 2.33. The molecule has 2 aromatic rings. The molecule has 0 atom stereocenters. The van der Waals surface area contributed by atoms with Crippen LogP contribution in [0.2, 0.25) is 0 Å². The first-order chi connectivity index (χ1) is 10.1. The minimum absolute atomic E-state index is 0.123. The predicted molar refractivity (Wildman–Crippen MR) is 80.4 cm³/mol. The van der Waals surface area contributed by atoms with Gasteiger partial charge in [-0.05, 0) is 12.1 Å². The van der Waals surface area contributed by atoms with Crippen molar-refractivity contribution in [2.75, 3.05) is 23.9 Å². The third-order valence-corrected chi connectivity index (χ3v) is 3.38. The van der Waals surface area contributed by atoms with Gasteiger partial charge in [-0.2, -0.15) is 0 Å². The van der Waals surface area contributed by atoms with E-state index in [9.17, 15) is 4.79 Å². The first-order valence-electron chi connectivity index (χ1n) is 6.25. The molecule has 0 saturated heterocycles. The number of thioether (sulfide) groups is 1. The van der Waals surface area contributed by atoms with Crippen LogP contribution in [0.1, 0.15) is 12.3 Å². The number of ether oxygens (including phenoxy) is 1. The number of aryl methyl sites for hydroxylation is 1. The standard InChI is InChI=1S/C13H16N4O3S/c1-8-16-17-13(20-8)21-6-5-12(18)15-10-4-3-9(14)7-11(10)19-2/h3-4,7H,5-6,14H2,1-2H3,(H,15,18). The Morgan fingerprint density at radius 1 is 1.48 bits per heavy atom. The molecule has 0 radical (unpaired) electrons. The Morgan fingerprint density at radius 3 is 2.95 bits per heavy atom. The summed E-state index contributed by atoms with van der Waals surface area (Å²) in [5, 5.41) is 10.8. The molecule has 0 fully saturated rings. The van der Waals surface area contributed by atoms with Crippen LogP contribution >= 0.6 is 11.8 Å². The molecule has 0 saturated carbocycles. The lowest BCUT2D eigenvalue weighted by molar-refractivity contribution is -0.115. The van der Waals surface area contributed by atoms with E-state index in [1.807, 2.05) is 0 Å². The Hall–Kier alpha value is -2.22. The van der Waals surface area contributed by atoms with E-state index in [-0.39, 0.29) is 5.91 Å². The number of anilines is 2. The zero-order chi connectivity index (χ0) is 15.2. The van der Waals surface area contributed by atoms with Gasteiger partial charge in [-0.1, -0.05) is 11.8 Å². The molecule has 1 heterocycles. The summed E-state index contributed by atoms with van der Waals surface area (Å²) in [5.74, 6) is 1.46. The number of methoxy groups -OCH3 is 1. The van der Waals surface area contributed by atoms with E-state index in [1.165, 1.54) is 18.9 Å². The summed E-state index contributed by atoms with van der Waals surface area (Å²) < 4.78 is 10.4. The average molecular weight is 308 g/mol. The highest BCUT2D eigenvalue weighted by molar-refractivity contribution is 7.99. The molecule has 0 aliphatic rings. The molecule has 3 N–H and O–H groups in total. The molecule has 21 heavy (non-hydrogen) atoms. The number of nitrogens with one attached hydrogen (secondary N) is 1. The van der Waals surface area contributed by atoms with Gasteiger partial charge in [-0.3, -0.25) is 4.79 Å². The van der Waals surface area contributed by atoms with Gasteiger partial charge >= 0.3 is 0 Å². The average Bonchev–Trinajstić information content (AvgIpc) is 2.86. The molecule has 1 aromatic carbocycles. The fraction of sp³-hybridized carbons (Fsp3) is 0.308. The van der Waals surface area contributed by atoms with E-state index >= 15 is 0 Å². The van der Waals surface area contributed by atoms with E-state index < -0.39 is 0 Å². The second-order valence-corrected chi connectivity index (χ2v) is 5.24. The first kappa shape index (κ1) is 15.2. The third-order valence-electron chi connectivity index (χ3n) is 2.56. The van der Waals surface area contributed by atoms with Gasteiger partial charge in [0.2, 0.25) is 11.8 Å². The molecule has 8 heteroatoms. The van der Waals surface area contributed by atoms with Crippen molar-refractivity contribution < 1.29 is 13.9 Å². The highest BCUT2D eigenvalue weighted by Gasteiger charge is 2.09. The lowest BCUT2D eigenvalue weighted by Crippen LogP contribution is -2.13. The maximum atomic E-state index is 11.9. The quantitative estimate of drug-likeness (QED) is 0.622. The smallest absolute Gasteiger partial charge is 0.276 e. The number of amides is 1. The zero-order valence-electron chi connectivity index (χ0n) is 11.8. The summed E-state index contributed by atoms with van der Waals surface area (Å²) in [6.45, 7) is 1.72. The minimum atomic E-state index is -0.123. The van der Waals surface area contributed by atoms with E-state index in [4.69, 9.17) is 14.9 Å². The molecule has 0 aliphatic carbocycles. The van der Waals surface area contributed by atoms with E-state index in [0.29, 0.717) is 40.4 Å². The highest BCUT2D eigenvalue weighted by Crippen LogP contribution is 2.27. The van der Waals surface area contributed by atoms with Crippen molar-refractivity contribution in [3.63, 3.8) is 0 Å². The largest absolute Gasteiger partial charge is 0.494 e. The summed E-state index contributed by atoms with van der Waals surface area (Å²) >= 11 is 1.34. The van der Waals surface area contributed by atoms with Crippen molar-refractivity contribution in [3.8, 4) is 5.75 Å². The minimum Gasteiger partial charge on any atom is -0.494 e. The van der Waals surface area contributed by atoms with Crippen LogP contribution in [-0.2, 0) is 4.79 Å². The molecule has 7 nitrogen and oxygen atoms in total. The van der Waals surface area contributed by atoms with Gasteiger partial charge in [0.15, 0.2) is 0 Å². The molecular formula is C13H16N4O3S. The maximum Gasteiger partial charge on any atom is 0.276 e. The monoisotopic (exact) mass is 308 g/mol. The second-order valence-electron chi connectivity index (χ2n) is 4.19. The summed E-state index contributed by atoms with van der Waals surface area (Å²) in [7, 11) is 1.53. The van der Waals surface area contributed by atoms with Gasteiger partial charge in [0.05, 0.1) is 12.8 Å². The molecule has 112 valence electrons. The maximum absolute atomic E-state index is 11.9. The topological polar surface area (TPSA) is 103 Å².